The van der Waals surface area contributed by atoms with E-state index in [4.69, 9.17) is 0 Å². The van der Waals surface area contributed by atoms with Gasteiger partial charge >= 0.3 is 0 Å². The van der Waals surface area contributed by atoms with Crippen LogP contribution in [-0.2, 0) is 6.54 Å². The first-order chi connectivity index (χ1) is 10.7. The Morgan fingerprint density at radius 1 is 1.36 bits per heavy atom. The Morgan fingerprint density at radius 3 is 2.82 bits per heavy atom. The molecule has 2 N–H and O–H groups in total. The second-order valence-corrected chi connectivity index (χ2v) is 5.92. The lowest BCUT2D eigenvalue weighted by atomic mass is 10.2. The summed E-state index contributed by atoms with van der Waals surface area (Å²) in [6.07, 6.45) is 3.98. The van der Waals surface area contributed by atoms with Gasteiger partial charge in [0.25, 0.3) is 0 Å². The molecule has 0 saturated heterocycles. The van der Waals surface area contributed by atoms with Crippen molar-refractivity contribution in [3.05, 3.63) is 42.4 Å². The van der Waals surface area contributed by atoms with Crippen molar-refractivity contribution < 1.29 is 0 Å². The molecule has 22 heavy (non-hydrogen) atoms. The molecule has 1 heterocycles. The summed E-state index contributed by atoms with van der Waals surface area (Å²) in [5.74, 6) is 2.87. The summed E-state index contributed by atoms with van der Waals surface area (Å²) in [7, 11) is 3.81. The van der Waals surface area contributed by atoms with Crippen LogP contribution in [-0.4, -0.2) is 53.5 Å². The van der Waals surface area contributed by atoms with Gasteiger partial charge in [0.1, 0.15) is 5.82 Å². The number of nitrogens with zero attached hydrogens (tertiary/aromatic N) is 3. The van der Waals surface area contributed by atoms with Crippen LogP contribution < -0.4 is 5.32 Å². The molecule has 0 atom stereocenters. The maximum absolute atomic E-state index is 4.46. The van der Waals surface area contributed by atoms with Gasteiger partial charge in [-0.2, -0.15) is 11.8 Å². The van der Waals surface area contributed by atoms with E-state index in [1.807, 2.05) is 43.2 Å². The molecule has 0 bridgehead atoms. The van der Waals surface area contributed by atoms with Crippen molar-refractivity contribution in [1.82, 2.24) is 20.2 Å². The highest BCUT2D eigenvalue weighted by Crippen LogP contribution is 2.16. The van der Waals surface area contributed by atoms with Crippen LogP contribution in [0.5, 0.6) is 0 Å². The third-order valence-electron chi connectivity index (χ3n) is 3.26. The normalized spacial score (nSPS) is 11.5. The Balaban J connectivity index is 1.97. The number of hydrogen-bond donors (Lipinski definition) is 2. The molecule has 5 nitrogen and oxygen atoms in total. The van der Waals surface area contributed by atoms with Crippen molar-refractivity contribution in [2.75, 3.05) is 32.6 Å². The van der Waals surface area contributed by atoms with Crippen molar-refractivity contribution in [3.8, 4) is 11.3 Å². The van der Waals surface area contributed by atoms with Crippen molar-refractivity contribution in [2.45, 2.75) is 6.54 Å². The van der Waals surface area contributed by atoms with E-state index in [0.717, 1.165) is 35.3 Å². The molecule has 0 amide bonds. The highest BCUT2D eigenvalue weighted by Gasteiger charge is 2.09. The first-order valence-corrected chi connectivity index (χ1v) is 8.64. The van der Waals surface area contributed by atoms with Crippen LogP contribution in [0.3, 0.4) is 0 Å². The molecule has 0 aliphatic rings. The Kier molecular flexibility index (Phi) is 6.33. The summed E-state index contributed by atoms with van der Waals surface area (Å²) < 4.78 is 0. The topological polar surface area (TPSA) is 56.3 Å². The van der Waals surface area contributed by atoms with E-state index in [-0.39, 0.29) is 0 Å². The molecule has 2 rings (SSSR count). The maximum Gasteiger partial charge on any atom is 0.193 e. The molecule has 0 unspecified atom stereocenters. The second-order valence-electron chi connectivity index (χ2n) is 4.93. The molecular weight excluding hydrogens is 294 g/mol. The number of imidazole rings is 1. The number of benzene rings is 1. The highest BCUT2D eigenvalue weighted by molar-refractivity contribution is 7.98. The smallest absolute Gasteiger partial charge is 0.193 e. The van der Waals surface area contributed by atoms with Crippen LogP contribution in [0.1, 0.15) is 5.82 Å². The Morgan fingerprint density at radius 2 is 2.14 bits per heavy atom. The second kappa shape index (κ2) is 8.48. The number of hydrogen-bond acceptors (Lipinski definition) is 3. The Bertz CT molecular complexity index is 594. The number of aromatic amines is 1. The van der Waals surface area contributed by atoms with Crippen molar-refractivity contribution >= 4 is 17.7 Å². The van der Waals surface area contributed by atoms with Crippen LogP contribution >= 0.6 is 11.8 Å². The molecule has 0 aliphatic carbocycles. The lowest BCUT2D eigenvalue weighted by molar-refractivity contribution is 0.466. The first-order valence-electron chi connectivity index (χ1n) is 7.24. The zero-order valence-electron chi connectivity index (χ0n) is 13.3. The lowest BCUT2D eigenvalue weighted by Crippen LogP contribution is -2.39. The average Bonchev–Trinajstić information content (AvgIpc) is 3.01. The van der Waals surface area contributed by atoms with E-state index in [2.05, 4.69) is 43.6 Å². The predicted octanol–water partition coefficient (Wildman–Crippen LogP) is 2.45. The summed E-state index contributed by atoms with van der Waals surface area (Å²) in [5, 5.41) is 3.34. The molecule has 0 radical (unpaired) electrons. The van der Waals surface area contributed by atoms with Crippen LogP contribution in [0, 0.1) is 0 Å². The van der Waals surface area contributed by atoms with Crippen LogP contribution in [0.15, 0.2) is 41.5 Å². The summed E-state index contributed by atoms with van der Waals surface area (Å²) >= 11 is 1.82. The number of thioether (sulfide) groups is 1. The van der Waals surface area contributed by atoms with Crippen LogP contribution in [0.25, 0.3) is 11.3 Å². The van der Waals surface area contributed by atoms with Gasteiger partial charge in [-0.25, -0.2) is 4.98 Å². The molecule has 0 fully saturated rings. The minimum absolute atomic E-state index is 0.686. The minimum Gasteiger partial charge on any atom is -0.355 e. The Labute approximate surface area is 136 Å². The van der Waals surface area contributed by atoms with Gasteiger partial charge < -0.3 is 15.2 Å². The quantitative estimate of drug-likeness (QED) is 0.488. The molecule has 118 valence electrons. The molecule has 0 saturated carbocycles. The molecule has 1 aromatic heterocycles. The van der Waals surface area contributed by atoms with E-state index < -0.39 is 0 Å². The lowest BCUT2D eigenvalue weighted by Gasteiger charge is -2.20. The third kappa shape index (κ3) is 4.53. The largest absolute Gasteiger partial charge is 0.355 e. The molecule has 0 spiro atoms. The number of nitrogens with one attached hydrogen (secondary N) is 2. The van der Waals surface area contributed by atoms with E-state index in [1.165, 1.54) is 0 Å². The number of H-pyrrole nitrogens is 1. The fraction of sp³-hybridized carbons (Fsp3) is 0.375. The van der Waals surface area contributed by atoms with Gasteiger partial charge in [0.05, 0.1) is 18.4 Å². The zero-order valence-corrected chi connectivity index (χ0v) is 14.2. The standard InChI is InChI=1S/C16H23N5S/c1-17-16(18-9-10-22-3)21(2)12-15-19-11-14(20-15)13-7-5-4-6-8-13/h4-8,11H,9-10,12H2,1-3H3,(H,17,18)(H,19,20). The molecule has 2 aromatic rings. The van der Waals surface area contributed by atoms with Crippen LogP contribution in [0.2, 0.25) is 0 Å². The van der Waals surface area contributed by atoms with Crippen molar-refractivity contribution in [2.24, 2.45) is 4.99 Å². The zero-order chi connectivity index (χ0) is 15.8. The predicted molar refractivity (Wildman–Crippen MR) is 95.2 cm³/mol. The number of aliphatic imine (C=N–C) groups is 1. The summed E-state index contributed by atoms with van der Waals surface area (Å²) in [4.78, 5) is 14.2. The number of guanidine groups is 1. The Hall–Kier alpha value is -1.95. The SMILES string of the molecule is CN=C(NCCSC)N(C)Cc1ncc(-c2ccccc2)[nH]1. The monoisotopic (exact) mass is 317 g/mol. The van der Waals surface area contributed by atoms with Gasteiger partial charge in [-0.1, -0.05) is 30.3 Å². The molecule has 6 heteroatoms. The fourth-order valence-electron chi connectivity index (χ4n) is 2.16. The fourth-order valence-corrected chi connectivity index (χ4v) is 2.46. The van der Waals surface area contributed by atoms with E-state index in [0.29, 0.717) is 6.54 Å². The minimum atomic E-state index is 0.686. The third-order valence-corrected chi connectivity index (χ3v) is 3.88. The van der Waals surface area contributed by atoms with E-state index >= 15 is 0 Å². The van der Waals surface area contributed by atoms with E-state index in [1.54, 1.807) is 7.05 Å². The van der Waals surface area contributed by atoms with Crippen molar-refractivity contribution in [3.63, 3.8) is 0 Å². The highest BCUT2D eigenvalue weighted by atomic mass is 32.2. The first kappa shape index (κ1) is 16.4. The van der Waals surface area contributed by atoms with E-state index in [9.17, 15) is 0 Å². The van der Waals surface area contributed by atoms with Crippen LogP contribution in [0.4, 0.5) is 0 Å². The molecule has 1 aromatic carbocycles. The summed E-state index contributed by atoms with van der Waals surface area (Å²) in [5.41, 5.74) is 2.18. The number of rotatable bonds is 6. The summed E-state index contributed by atoms with van der Waals surface area (Å²) in [6, 6.07) is 10.2. The average molecular weight is 317 g/mol. The summed E-state index contributed by atoms with van der Waals surface area (Å²) in [6.45, 7) is 1.59. The molecule has 0 aliphatic heterocycles. The van der Waals surface area contributed by atoms with Crippen molar-refractivity contribution in [1.29, 1.82) is 0 Å². The number of aromatic nitrogens is 2. The van der Waals surface area contributed by atoms with Gasteiger partial charge in [0.2, 0.25) is 0 Å². The van der Waals surface area contributed by atoms with Gasteiger partial charge in [0, 0.05) is 26.4 Å². The van der Waals surface area contributed by atoms with Gasteiger partial charge in [-0.05, 0) is 11.8 Å². The van der Waals surface area contributed by atoms with Gasteiger partial charge in [-0.15, -0.1) is 0 Å². The van der Waals surface area contributed by atoms with Gasteiger partial charge in [0.15, 0.2) is 5.96 Å². The maximum atomic E-state index is 4.46. The van der Waals surface area contributed by atoms with Gasteiger partial charge in [-0.3, -0.25) is 4.99 Å². The molecular formula is C16H23N5S.